The summed E-state index contributed by atoms with van der Waals surface area (Å²) in [5.74, 6) is -0.374. The summed E-state index contributed by atoms with van der Waals surface area (Å²) in [6.45, 7) is 0. The van der Waals surface area contributed by atoms with E-state index >= 15 is 0 Å². The van der Waals surface area contributed by atoms with Crippen molar-refractivity contribution in [2.24, 2.45) is 0 Å². The molecule has 4 nitrogen and oxygen atoms in total. The molecular formula is C11H6Cl2IN3O. The Morgan fingerprint density at radius 1 is 1.22 bits per heavy atom. The smallest absolute Gasteiger partial charge is 0.259 e. The normalized spacial score (nSPS) is 10.2. The number of nitrogens with zero attached hydrogens (tertiary/aromatic N) is 2. The molecule has 1 N–H and O–H groups in total. The number of anilines is 1. The first-order chi connectivity index (χ1) is 8.58. The van der Waals surface area contributed by atoms with Crippen LogP contribution in [-0.4, -0.2) is 16.1 Å². The number of carbonyl (C=O) groups is 1. The van der Waals surface area contributed by atoms with Crippen LogP contribution in [0, 0.1) is 3.57 Å². The molecule has 0 saturated carbocycles. The zero-order valence-corrected chi connectivity index (χ0v) is 12.5. The van der Waals surface area contributed by atoms with Crippen molar-refractivity contribution in [2.45, 2.75) is 0 Å². The monoisotopic (exact) mass is 393 g/mol. The first-order valence-corrected chi connectivity index (χ1v) is 6.66. The summed E-state index contributed by atoms with van der Waals surface area (Å²) in [6.07, 6.45) is 0. The first kappa shape index (κ1) is 13.5. The minimum absolute atomic E-state index is 0.0165. The summed E-state index contributed by atoms with van der Waals surface area (Å²) in [4.78, 5) is 12.0. The number of hydrogen-bond donors (Lipinski definition) is 1. The Labute approximate surface area is 127 Å². The predicted octanol–water partition coefficient (Wildman–Crippen LogP) is 3.64. The van der Waals surface area contributed by atoms with Gasteiger partial charge in [-0.1, -0.05) is 35.3 Å². The lowest BCUT2D eigenvalue weighted by Gasteiger charge is -2.07. The quantitative estimate of drug-likeness (QED) is 0.792. The van der Waals surface area contributed by atoms with E-state index in [9.17, 15) is 4.79 Å². The first-order valence-electron chi connectivity index (χ1n) is 4.82. The number of rotatable bonds is 2. The highest BCUT2D eigenvalue weighted by Crippen LogP contribution is 2.20. The van der Waals surface area contributed by atoms with Crippen molar-refractivity contribution >= 4 is 57.4 Å². The van der Waals surface area contributed by atoms with E-state index in [0.717, 1.165) is 3.57 Å². The molecule has 0 aliphatic carbocycles. The maximum Gasteiger partial charge on any atom is 0.259 e. The van der Waals surface area contributed by atoms with Crippen LogP contribution in [0.2, 0.25) is 10.3 Å². The summed E-state index contributed by atoms with van der Waals surface area (Å²) in [6, 6.07) is 8.77. The molecule has 2 rings (SSSR count). The van der Waals surface area contributed by atoms with Crippen LogP contribution in [0.4, 0.5) is 5.69 Å². The van der Waals surface area contributed by atoms with Crippen molar-refractivity contribution in [3.63, 3.8) is 0 Å². The van der Waals surface area contributed by atoms with Crippen LogP contribution in [0.3, 0.4) is 0 Å². The second-order valence-electron chi connectivity index (χ2n) is 3.31. The van der Waals surface area contributed by atoms with Gasteiger partial charge in [-0.25, -0.2) is 0 Å². The molecule has 0 aliphatic heterocycles. The third kappa shape index (κ3) is 3.09. The van der Waals surface area contributed by atoms with Gasteiger partial charge in [0.05, 0.1) is 11.3 Å². The van der Waals surface area contributed by atoms with Gasteiger partial charge in [-0.05, 0) is 40.8 Å². The number of amides is 1. The third-order valence-corrected chi connectivity index (χ3v) is 3.49. The lowest BCUT2D eigenvalue weighted by Crippen LogP contribution is -2.14. The van der Waals surface area contributed by atoms with Gasteiger partial charge in [0.25, 0.3) is 5.91 Å². The van der Waals surface area contributed by atoms with Crippen molar-refractivity contribution in [3.05, 3.63) is 49.8 Å². The van der Waals surface area contributed by atoms with Crippen LogP contribution in [0.5, 0.6) is 0 Å². The van der Waals surface area contributed by atoms with Gasteiger partial charge in [0.2, 0.25) is 0 Å². The topological polar surface area (TPSA) is 54.9 Å². The zero-order chi connectivity index (χ0) is 13.1. The van der Waals surface area contributed by atoms with E-state index in [-0.39, 0.29) is 21.8 Å². The predicted molar refractivity (Wildman–Crippen MR) is 79.2 cm³/mol. The molecule has 1 aromatic heterocycles. The molecule has 0 fully saturated rings. The maximum absolute atomic E-state index is 12.0. The number of aromatic nitrogens is 2. The fourth-order valence-electron chi connectivity index (χ4n) is 1.26. The third-order valence-electron chi connectivity index (χ3n) is 2.09. The highest BCUT2D eigenvalue weighted by molar-refractivity contribution is 14.1. The standard InChI is InChI=1S/C11H6Cl2IN3O/c12-9-5-6(10(13)17-16-9)11(18)15-8-4-2-1-3-7(8)14/h1-5H,(H,15,18). The largest absolute Gasteiger partial charge is 0.321 e. The van der Waals surface area contributed by atoms with Crippen molar-refractivity contribution < 1.29 is 4.79 Å². The molecule has 1 aromatic carbocycles. The van der Waals surface area contributed by atoms with E-state index in [1.165, 1.54) is 6.07 Å². The van der Waals surface area contributed by atoms with Gasteiger partial charge in [0, 0.05) is 3.57 Å². The summed E-state index contributed by atoms with van der Waals surface area (Å²) in [7, 11) is 0. The van der Waals surface area contributed by atoms with E-state index in [0.29, 0.717) is 5.69 Å². The average Bonchev–Trinajstić information content (AvgIpc) is 2.35. The number of para-hydroxylation sites is 1. The molecule has 0 bridgehead atoms. The molecule has 1 amide bonds. The molecule has 7 heteroatoms. The molecule has 0 unspecified atom stereocenters. The molecule has 1 heterocycles. The molecule has 0 atom stereocenters. The number of nitrogens with one attached hydrogen (secondary N) is 1. The van der Waals surface area contributed by atoms with E-state index in [2.05, 4.69) is 38.1 Å². The van der Waals surface area contributed by atoms with Crippen LogP contribution in [-0.2, 0) is 0 Å². The molecule has 0 spiro atoms. The molecule has 0 radical (unpaired) electrons. The maximum atomic E-state index is 12.0. The fourth-order valence-corrected chi connectivity index (χ4v) is 2.11. The summed E-state index contributed by atoms with van der Waals surface area (Å²) >= 11 is 13.6. The van der Waals surface area contributed by atoms with Crippen LogP contribution in [0.25, 0.3) is 0 Å². The second kappa shape index (κ2) is 5.81. The lowest BCUT2D eigenvalue weighted by atomic mass is 10.2. The number of benzene rings is 1. The van der Waals surface area contributed by atoms with Gasteiger partial charge >= 0.3 is 0 Å². The van der Waals surface area contributed by atoms with Gasteiger partial charge in [-0.2, -0.15) is 0 Å². The Morgan fingerprint density at radius 2 is 1.94 bits per heavy atom. The van der Waals surface area contributed by atoms with E-state index in [4.69, 9.17) is 23.2 Å². The summed E-state index contributed by atoms with van der Waals surface area (Å²) < 4.78 is 0.924. The highest BCUT2D eigenvalue weighted by atomic mass is 127. The van der Waals surface area contributed by atoms with Crippen molar-refractivity contribution in [1.29, 1.82) is 0 Å². The minimum Gasteiger partial charge on any atom is -0.321 e. The second-order valence-corrected chi connectivity index (χ2v) is 5.21. The molecule has 0 aliphatic rings. The van der Waals surface area contributed by atoms with Crippen LogP contribution in [0.1, 0.15) is 10.4 Å². The number of carbonyl (C=O) groups excluding carboxylic acids is 1. The van der Waals surface area contributed by atoms with Gasteiger partial charge in [-0.3, -0.25) is 4.79 Å². The average molecular weight is 394 g/mol. The Morgan fingerprint density at radius 3 is 2.67 bits per heavy atom. The lowest BCUT2D eigenvalue weighted by molar-refractivity contribution is 0.102. The fraction of sp³-hybridized carbons (Fsp3) is 0. The van der Waals surface area contributed by atoms with Crippen molar-refractivity contribution in [2.75, 3.05) is 5.32 Å². The Hall–Kier alpha value is -0.920. The molecule has 92 valence electrons. The van der Waals surface area contributed by atoms with Crippen molar-refractivity contribution in [3.8, 4) is 0 Å². The molecule has 18 heavy (non-hydrogen) atoms. The summed E-state index contributed by atoms with van der Waals surface area (Å²) in [5, 5.41) is 10.0. The summed E-state index contributed by atoms with van der Waals surface area (Å²) in [5.41, 5.74) is 0.892. The van der Waals surface area contributed by atoms with Crippen molar-refractivity contribution in [1.82, 2.24) is 10.2 Å². The van der Waals surface area contributed by atoms with Gasteiger partial charge < -0.3 is 5.32 Å². The highest BCUT2D eigenvalue weighted by Gasteiger charge is 2.14. The molecule has 2 aromatic rings. The Balaban J connectivity index is 2.28. The van der Waals surface area contributed by atoms with E-state index in [1.54, 1.807) is 6.07 Å². The van der Waals surface area contributed by atoms with Crippen LogP contribution >= 0.6 is 45.8 Å². The molecular weight excluding hydrogens is 388 g/mol. The van der Waals surface area contributed by atoms with Gasteiger partial charge in [0.15, 0.2) is 10.3 Å². The Bertz CT molecular complexity index is 607. The SMILES string of the molecule is O=C(Nc1ccccc1I)c1cc(Cl)nnc1Cl. The van der Waals surface area contributed by atoms with Crippen LogP contribution in [0.15, 0.2) is 30.3 Å². The van der Waals surface area contributed by atoms with Gasteiger partial charge in [0.1, 0.15) is 0 Å². The van der Waals surface area contributed by atoms with Gasteiger partial charge in [-0.15, -0.1) is 10.2 Å². The number of halogens is 3. The van der Waals surface area contributed by atoms with Crippen LogP contribution < -0.4 is 5.32 Å². The Kier molecular flexibility index (Phi) is 4.36. The zero-order valence-electron chi connectivity index (χ0n) is 8.82. The van der Waals surface area contributed by atoms with E-state index in [1.807, 2.05) is 18.2 Å². The molecule has 0 saturated heterocycles. The number of hydrogen-bond acceptors (Lipinski definition) is 3. The minimum atomic E-state index is -0.374. The van der Waals surface area contributed by atoms with E-state index < -0.39 is 0 Å².